The SMILES string of the molecule is O=C(O)CCCCCCCCCCCC(=O)NC(CO)C(=O)O. The van der Waals surface area contributed by atoms with Gasteiger partial charge in [0.2, 0.25) is 5.91 Å². The van der Waals surface area contributed by atoms with Gasteiger partial charge in [-0.05, 0) is 12.8 Å². The van der Waals surface area contributed by atoms with Crippen molar-refractivity contribution in [2.45, 2.75) is 76.7 Å². The van der Waals surface area contributed by atoms with E-state index in [1.165, 1.54) is 0 Å². The molecule has 0 fully saturated rings. The number of hydrogen-bond donors (Lipinski definition) is 4. The summed E-state index contributed by atoms with van der Waals surface area (Å²) in [5.41, 5.74) is 0. The summed E-state index contributed by atoms with van der Waals surface area (Å²) in [6.07, 6.45) is 9.28. The zero-order chi connectivity index (χ0) is 17.5. The lowest BCUT2D eigenvalue weighted by molar-refractivity contribution is -0.143. The largest absolute Gasteiger partial charge is 0.481 e. The number of aliphatic carboxylic acids is 2. The topological polar surface area (TPSA) is 124 Å². The highest BCUT2D eigenvalue weighted by molar-refractivity contribution is 5.83. The molecule has 1 unspecified atom stereocenters. The van der Waals surface area contributed by atoms with E-state index in [4.69, 9.17) is 15.3 Å². The van der Waals surface area contributed by atoms with Crippen molar-refractivity contribution in [1.29, 1.82) is 0 Å². The molecule has 0 bridgehead atoms. The Balaban J connectivity index is 3.37. The molecule has 0 aliphatic rings. The third-order valence-corrected chi connectivity index (χ3v) is 3.61. The van der Waals surface area contributed by atoms with Gasteiger partial charge in [-0.15, -0.1) is 0 Å². The predicted octanol–water partition coefficient (Wildman–Crippen LogP) is 1.92. The zero-order valence-electron chi connectivity index (χ0n) is 13.6. The molecule has 0 aromatic heterocycles. The van der Waals surface area contributed by atoms with Crippen molar-refractivity contribution in [2.24, 2.45) is 0 Å². The van der Waals surface area contributed by atoms with Gasteiger partial charge in [-0.2, -0.15) is 0 Å². The molecule has 1 atom stereocenters. The Bertz CT molecular complexity index is 358. The minimum atomic E-state index is -1.23. The van der Waals surface area contributed by atoms with Gasteiger partial charge in [0.15, 0.2) is 0 Å². The molecule has 0 aromatic rings. The number of aliphatic hydroxyl groups excluding tert-OH is 1. The van der Waals surface area contributed by atoms with Gasteiger partial charge in [0, 0.05) is 12.8 Å². The van der Waals surface area contributed by atoms with E-state index < -0.39 is 24.6 Å². The summed E-state index contributed by atoms with van der Waals surface area (Å²) < 4.78 is 0. The minimum absolute atomic E-state index is 0.251. The Kier molecular flexibility index (Phi) is 13.0. The van der Waals surface area contributed by atoms with Crippen LogP contribution in [0.2, 0.25) is 0 Å². The number of aliphatic hydroxyl groups is 1. The van der Waals surface area contributed by atoms with Gasteiger partial charge in [0.25, 0.3) is 0 Å². The van der Waals surface area contributed by atoms with Crippen LogP contribution in [0.3, 0.4) is 0 Å². The molecule has 7 nitrogen and oxygen atoms in total. The highest BCUT2D eigenvalue weighted by Crippen LogP contribution is 2.11. The summed E-state index contributed by atoms with van der Waals surface area (Å²) in [4.78, 5) is 32.4. The van der Waals surface area contributed by atoms with E-state index in [0.29, 0.717) is 6.42 Å². The third kappa shape index (κ3) is 13.7. The van der Waals surface area contributed by atoms with Crippen LogP contribution < -0.4 is 5.32 Å². The maximum Gasteiger partial charge on any atom is 0.328 e. The lowest BCUT2D eigenvalue weighted by Crippen LogP contribution is -2.43. The smallest absolute Gasteiger partial charge is 0.328 e. The fourth-order valence-electron chi connectivity index (χ4n) is 2.25. The minimum Gasteiger partial charge on any atom is -0.481 e. The summed E-state index contributed by atoms with van der Waals surface area (Å²) in [5.74, 6) is -2.31. The van der Waals surface area contributed by atoms with E-state index in [1.807, 2.05) is 0 Å². The first-order valence-electron chi connectivity index (χ1n) is 8.32. The van der Waals surface area contributed by atoms with Gasteiger partial charge in [0.1, 0.15) is 6.04 Å². The summed E-state index contributed by atoms with van der Waals surface area (Å²) in [5, 5.41) is 28.3. The Morgan fingerprint density at radius 1 is 0.739 bits per heavy atom. The molecule has 0 spiro atoms. The molecule has 0 saturated carbocycles. The van der Waals surface area contributed by atoms with E-state index in [2.05, 4.69) is 5.32 Å². The van der Waals surface area contributed by atoms with Crippen LogP contribution in [0.15, 0.2) is 0 Å². The highest BCUT2D eigenvalue weighted by atomic mass is 16.4. The molecule has 0 saturated heterocycles. The second-order valence-corrected chi connectivity index (χ2v) is 5.72. The highest BCUT2D eigenvalue weighted by Gasteiger charge is 2.17. The third-order valence-electron chi connectivity index (χ3n) is 3.61. The number of rotatable bonds is 15. The Morgan fingerprint density at radius 2 is 1.17 bits per heavy atom. The van der Waals surface area contributed by atoms with Gasteiger partial charge in [-0.1, -0.05) is 44.9 Å². The van der Waals surface area contributed by atoms with Crippen molar-refractivity contribution in [3.8, 4) is 0 Å². The van der Waals surface area contributed by atoms with Gasteiger partial charge >= 0.3 is 11.9 Å². The number of carboxylic acid groups (broad SMARTS) is 2. The maximum atomic E-state index is 11.5. The summed E-state index contributed by atoms with van der Waals surface area (Å²) >= 11 is 0. The number of carbonyl (C=O) groups excluding carboxylic acids is 1. The maximum absolute atomic E-state index is 11.5. The zero-order valence-corrected chi connectivity index (χ0v) is 13.6. The van der Waals surface area contributed by atoms with Crippen LogP contribution in [0.25, 0.3) is 0 Å². The first-order chi connectivity index (χ1) is 11.0. The van der Waals surface area contributed by atoms with Crippen molar-refractivity contribution >= 4 is 17.8 Å². The number of nitrogens with one attached hydrogen (secondary N) is 1. The number of carbonyl (C=O) groups is 3. The predicted molar refractivity (Wildman–Crippen MR) is 85.1 cm³/mol. The first-order valence-corrected chi connectivity index (χ1v) is 8.32. The Hall–Kier alpha value is -1.63. The van der Waals surface area contributed by atoms with E-state index >= 15 is 0 Å². The molecule has 0 heterocycles. The van der Waals surface area contributed by atoms with E-state index in [1.54, 1.807) is 0 Å². The molecule has 1 amide bonds. The molecule has 134 valence electrons. The lowest BCUT2D eigenvalue weighted by atomic mass is 10.1. The van der Waals surface area contributed by atoms with Gasteiger partial charge in [0.05, 0.1) is 6.61 Å². The summed E-state index contributed by atoms with van der Waals surface area (Å²) in [6, 6.07) is -1.22. The quantitative estimate of drug-likeness (QED) is 0.340. The molecule has 4 N–H and O–H groups in total. The fraction of sp³-hybridized carbons (Fsp3) is 0.812. The Morgan fingerprint density at radius 3 is 1.57 bits per heavy atom. The second-order valence-electron chi connectivity index (χ2n) is 5.72. The molecular weight excluding hydrogens is 302 g/mol. The molecule has 23 heavy (non-hydrogen) atoms. The van der Waals surface area contributed by atoms with E-state index in [9.17, 15) is 14.4 Å². The summed E-state index contributed by atoms with van der Waals surface area (Å²) in [7, 11) is 0. The second kappa shape index (κ2) is 14.0. The van der Waals surface area contributed by atoms with Crippen molar-refractivity contribution in [3.63, 3.8) is 0 Å². The fourth-order valence-corrected chi connectivity index (χ4v) is 2.25. The molecule has 7 heteroatoms. The average molecular weight is 331 g/mol. The lowest BCUT2D eigenvalue weighted by Gasteiger charge is -2.11. The summed E-state index contributed by atoms with van der Waals surface area (Å²) in [6.45, 7) is -0.604. The van der Waals surface area contributed by atoms with Crippen molar-refractivity contribution in [3.05, 3.63) is 0 Å². The number of hydrogen-bond acceptors (Lipinski definition) is 4. The van der Waals surface area contributed by atoms with Crippen molar-refractivity contribution in [2.75, 3.05) is 6.61 Å². The van der Waals surface area contributed by atoms with Crippen LogP contribution in [0, 0.1) is 0 Å². The Labute approximate surface area is 137 Å². The van der Waals surface area contributed by atoms with E-state index in [0.717, 1.165) is 51.4 Å². The van der Waals surface area contributed by atoms with E-state index in [-0.39, 0.29) is 18.7 Å². The molecule has 0 aliphatic carbocycles. The molecular formula is C16H29NO6. The standard InChI is InChI=1S/C16H29NO6/c18-12-13(16(22)23)17-14(19)10-8-6-4-2-1-3-5-7-9-11-15(20)21/h13,18H,1-12H2,(H,17,19)(H,20,21)(H,22,23). The van der Waals surface area contributed by atoms with Crippen LogP contribution in [0.1, 0.15) is 70.6 Å². The molecule has 0 aliphatic heterocycles. The van der Waals surface area contributed by atoms with Crippen LogP contribution in [0.4, 0.5) is 0 Å². The normalized spacial score (nSPS) is 11.9. The van der Waals surface area contributed by atoms with Crippen LogP contribution in [-0.2, 0) is 14.4 Å². The number of unbranched alkanes of at least 4 members (excludes halogenated alkanes) is 8. The van der Waals surface area contributed by atoms with Gasteiger partial charge in [-0.3, -0.25) is 9.59 Å². The van der Waals surface area contributed by atoms with Gasteiger partial charge < -0.3 is 20.6 Å². The number of amides is 1. The van der Waals surface area contributed by atoms with Gasteiger partial charge in [-0.25, -0.2) is 4.79 Å². The number of carboxylic acids is 2. The monoisotopic (exact) mass is 331 g/mol. The van der Waals surface area contributed by atoms with Crippen molar-refractivity contribution in [1.82, 2.24) is 5.32 Å². The van der Waals surface area contributed by atoms with Crippen LogP contribution in [0.5, 0.6) is 0 Å². The molecule has 0 rings (SSSR count). The average Bonchev–Trinajstić information content (AvgIpc) is 2.49. The molecule has 0 aromatic carbocycles. The van der Waals surface area contributed by atoms with Crippen LogP contribution in [-0.4, -0.2) is 45.8 Å². The first kappa shape index (κ1) is 21.4. The van der Waals surface area contributed by atoms with Crippen molar-refractivity contribution < 1.29 is 29.7 Å². The van der Waals surface area contributed by atoms with Crippen LogP contribution >= 0.6 is 0 Å². The molecule has 0 radical (unpaired) electrons.